The molecule has 2 aromatic rings. The minimum absolute atomic E-state index is 0.156. The van der Waals surface area contributed by atoms with Crippen LogP contribution in [0.5, 0.6) is 0 Å². The molecule has 0 fully saturated rings. The van der Waals surface area contributed by atoms with Crippen LogP contribution in [-0.2, 0) is 16.4 Å². The monoisotopic (exact) mass is 449 g/mol. The van der Waals surface area contributed by atoms with Gasteiger partial charge in [0, 0.05) is 30.9 Å². The molecule has 1 aliphatic rings. The van der Waals surface area contributed by atoms with Crippen LogP contribution >= 0.6 is 11.6 Å². The number of hydrogen-bond donors (Lipinski definition) is 1. The number of fused-ring (bicyclic) bond motifs is 1. The third-order valence-electron chi connectivity index (χ3n) is 5.10. The van der Waals surface area contributed by atoms with Crippen LogP contribution in [0.4, 0.5) is 11.4 Å². The van der Waals surface area contributed by atoms with Crippen LogP contribution in [0.2, 0.25) is 5.02 Å². The quantitative estimate of drug-likeness (QED) is 0.732. The highest BCUT2D eigenvalue weighted by Gasteiger charge is 2.26. The standard InChI is InChI=1S/C21H24ClN3O4S/c1-4-24(5-2)21(27)17-8-7-16(13-18(17)22)23-20(26)15-6-9-19-14(12-15)10-11-25(19)30(3,28)29/h6-9,12-13H,4-5,10-11H2,1-3H3,(H,23,26). The van der Waals surface area contributed by atoms with E-state index in [1.165, 1.54) is 10.6 Å². The number of nitrogens with zero attached hydrogens (tertiary/aromatic N) is 2. The van der Waals surface area contributed by atoms with Gasteiger partial charge in [0.1, 0.15) is 0 Å². The van der Waals surface area contributed by atoms with E-state index in [2.05, 4.69) is 5.32 Å². The maximum Gasteiger partial charge on any atom is 0.255 e. The Morgan fingerprint density at radius 3 is 2.43 bits per heavy atom. The molecule has 7 nitrogen and oxygen atoms in total. The third kappa shape index (κ3) is 4.44. The largest absolute Gasteiger partial charge is 0.339 e. The van der Waals surface area contributed by atoms with Crippen molar-refractivity contribution in [1.29, 1.82) is 0 Å². The Balaban J connectivity index is 1.77. The summed E-state index contributed by atoms with van der Waals surface area (Å²) in [6.07, 6.45) is 1.72. The van der Waals surface area contributed by atoms with Gasteiger partial charge in [-0.3, -0.25) is 13.9 Å². The Labute approximate surface area is 181 Å². The van der Waals surface area contributed by atoms with E-state index < -0.39 is 10.0 Å². The lowest BCUT2D eigenvalue weighted by Gasteiger charge is -2.19. The molecule has 1 N–H and O–H groups in total. The van der Waals surface area contributed by atoms with E-state index >= 15 is 0 Å². The zero-order valence-electron chi connectivity index (χ0n) is 17.1. The number of carbonyl (C=O) groups excluding carboxylic acids is 2. The molecule has 0 atom stereocenters. The molecule has 0 aromatic heterocycles. The summed E-state index contributed by atoms with van der Waals surface area (Å²) in [5.41, 5.74) is 2.70. The third-order valence-corrected chi connectivity index (χ3v) is 6.60. The van der Waals surface area contributed by atoms with Crippen molar-refractivity contribution in [2.24, 2.45) is 0 Å². The van der Waals surface area contributed by atoms with Crippen LogP contribution in [-0.4, -0.2) is 51.0 Å². The van der Waals surface area contributed by atoms with Gasteiger partial charge in [0.25, 0.3) is 11.8 Å². The van der Waals surface area contributed by atoms with E-state index in [0.29, 0.717) is 48.6 Å². The summed E-state index contributed by atoms with van der Waals surface area (Å²) in [5, 5.41) is 3.04. The first-order valence-electron chi connectivity index (χ1n) is 9.66. The van der Waals surface area contributed by atoms with Crippen LogP contribution in [0.3, 0.4) is 0 Å². The van der Waals surface area contributed by atoms with Gasteiger partial charge in [0.2, 0.25) is 10.0 Å². The molecule has 0 saturated heterocycles. The Morgan fingerprint density at radius 1 is 1.13 bits per heavy atom. The minimum atomic E-state index is -3.34. The SMILES string of the molecule is CCN(CC)C(=O)c1ccc(NC(=O)c2ccc3c(c2)CCN3S(C)(=O)=O)cc1Cl. The molecule has 2 aromatic carbocycles. The maximum atomic E-state index is 12.7. The van der Waals surface area contributed by atoms with Crippen molar-refractivity contribution in [1.82, 2.24) is 4.90 Å². The number of hydrogen-bond acceptors (Lipinski definition) is 4. The summed E-state index contributed by atoms with van der Waals surface area (Å²) < 4.78 is 25.0. The second-order valence-corrected chi connectivity index (χ2v) is 9.37. The van der Waals surface area contributed by atoms with Crippen molar-refractivity contribution in [3.63, 3.8) is 0 Å². The Morgan fingerprint density at radius 2 is 1.83 bits per heavy atom. The zero-order valence-corrected chi connectivity index (χ0v) is 18.7. The zero-order chi connectivity index (χ0) is 22.1. The number of sulfonamides is 1. The fourth-order valence-corrected chi connectivity index (χ4v) is 4.73. The molecule has 1 heterocycles. The second-order valence-electron chi connectivity index (χ2n) is 7.05. The highest BCUT2D eigenvalue weighted by atomic mass is 35.5. The van der Waals surface area contributed by atoms with Crippen molar-refractivity contribution < 1.29 is 18.0 Å². The summed E-state index contributed by atoms with van der Waals surface area (Å²) in [7, 11) is -3.34. The molecule has 0 bridgehead atoms. The van der Waals surface area contributed by atoms with Crippen LogP contribution in [0.25, 0.3) is 0 Å². The van der Waals surface area contributed by atoms with E-state index in [4.69, 9.17) is 11.6 Å². The van der Waals surface area contributed by atoms with Crippen molar-refractivity contribution >= 4 is 44.8 Å². The van der Waals surface area contributed by atoms with Crippen LogP contribution in [0.15, 0.2) is 36.4 Å². The first kappa shape index (κ1) is 22.1. The van der Waals surface area contributed by atoms with E-state index in [1.54, 1.807) is 41.3 Å². The number of benzene rings is 2. The Bertz CT molecular complexity index is 1100. The number of halogens is 1. The molecule has 9 heteroatoms. The van der Waals surface area contributed by atoms with Gasteiger partial charge < -0.3 is 10.2 Å². The maximum absolute atomic E-state index is 12.7. The molecule has 2 amide bonds. The van der Waals surface area contributed by atoms with Crippen molar-refractivity contribution in [3.8, 4) is 0 Å². The van der Waals surface area contributed by atoms with Gasteiger partial charge in [-0.15, -0.1) is 0 Å². The van der Waals surface area contributed by atoms with E-state index in [9.17, 15) is 18.0 Å². The highest BCUT2D eigenvalue weighted by molar-refractivity contribution is 7.92. The van der Waals surface area contributed by atoms with Gasteiger partial charge in [-0.25, -0.2) is 8.42 Å². The predicted molar refractivity (Wildman–Crippen MR) is 119 cm³/mol. The first-order valence-corrected chi connectivity index (χ1v) is 11.9. The summed E-state index contributed by atoms with van der Waals surface area (Å²) >= 11 is 6.29. The number of nitrogens with one attached hydrogen (secondary N) is 1. The number of carbonyl (C=O) groups is 2. The lowest BCUT2D eigenvalue weighted by atomic mass is 10.1. The van der Waals surface area contributed by atoms with Crippen molar-refractivity contribution in [2.45, 2.75) is 20.3 Å². The summed E-state index contributed by atoms with van der Waals surface area (Å²) in [6.45, 7) is 5.33. The Hall–Kier alpha value is -2.58. The van der Waals surface area contributed by atoms with E-state index in [-0.39, 0.29) is 16.8 Å². The normalized spacial score (nSPS) is 13.1. The fraction of sp³-hybridized carbons (Fsp3) is 0.333. The molecular formula is C21H24ClN3O4S. The van der Waals surface area contributed by atoms with Crippen molar-refractivity contribution in [3.05, 3.63) is 58.1 Å². The summed E-state index contributed by atoms with van der Waals surface area (Å²) in [4.78, 5) is 26.8. The van der Waals surface area contributed by atoms with Crippen LogP contribution in [0.1, 0.15) is 40.1 Å². The highest BCUT2D eigenvalue weighted by Crippen LogP contribution is 2.31. The van der Waals surface area contributed by atoms with Crippen LogP contribution < -0.4 is 9.62 Å². The smallest absolute Gasteiger partial charge is 0.255 e. The molecule has 0 spiro atoms. The molecule has 3 rings (SSSR count). The van der Waals surface area contributed by atoms with Gasteiger partial charge in [-0.05, 0) is 62.2 Å². The summed E-state index contributed by atoms with van der Waals surface area (Å²) in [5.74, 6) is -0.494. The average Bonchev–Trinajstić information content (AvgIpc) is 3.12. The number of anilines is 2. The number of rotatable bonds is 6. The number of amides is 2. The minimum Gasteiger partial charge on any atom is -0.339 e. The molecule has 0 aliphatic carbocycles. The lowest BCUT2D eigenvalue weighted by molar-refractivity contribution is 0.0773. The second kappa shape index (κ2) is 8.65. The van der Waals surface area contributed by atoms with Crippen LogP contribution in [0, 0.1) is 0 Å². The molecule has 30 heavy (non-hydrogen) atoms. The first-order chi connectivity index (χ1) is 14.2. The van der Waals surface area contributed by atoms with Crippen molar-refractivity contribution in [2.75, 3.05) is 35.5 Å². The molecule has 1 aliphatic heterocycles. The van der Waals surface area contributed by atoms with Gasteiger partial charge in [0.15, 0.2) is 0 Å². The van der Waals surface area contributed by atoms with Gasteiger partial charge >= 0.3 is 0 Å². The average molecular weight is 450 g/mol. The lowest BCUT2D eigenvalue weighted by Crippen LogP contribution is -2.30. The molecule has 0 radical (unpaired) electrons. The Kier molecular flexibility index (Phi) is 6.38. The van der Waals surface area contributed by atoms with Gasteiger partial charge in [-0.1, -0.05) is 11.6 Å². The molecule has 160 valence electrons. The topological polar surface area (TPSA) is 86.8 Å². The summed E-state index contributed by atoms with van der Waals surface area (Å²) in [6, 6.07) is 9.74. The van der Waals surface area contributed by atoms with Gasteiger partial charge in [0.05, 0.1) is 22.5 Å². The molecule has 0 saturated carbocycles. The van der Waals surface area contributed by atoms with Gasteiger partial charge in [-0.2, -0.15) is 0 Å². The fourth-order valence-electron chi connectivity index (χ4n) is 3.51. The molecular weight excluding hydrogens is 426 g/mol. The molecule has 0 unspecified atom stereocenters. The van der Waals surface area contributed by atoms with E-state index in [1.807, 2.05) is 13.8 Å². The predicted octanol–water partition coefficient (Wildman–Crippen LogP) is 3.40. The van der Waals surface area contributed by atoms with E-state index in [0.717, 1.165) is 5.56 Å².